The van der Waals surface area contributed by atoms with E-state index in [1.54, 1.807) is 32.2 Å². The van der Waals surface area contributed by atoms with Gasteiger partial charge in [0.25, 0.3) is 0 Å². The highest BCUT2D eigenvalue weighted by Crippen LogP contribution is 2.41. The molecule has 0 spiro atoms. The molecule has 160 valence electrons. The molecule has 1 atom stereocenters. The molecule has 0 saturated carbocycles. The summed E-state index contributed by atoms with van der Waals surface area (Å²) >= 11 is 1.31. The minimum absolute atomic E-state index is 0.167. The lowest BCUT2D eigenvalue weighted by atomic mass is 9.99. The van der Waals surface area contributed by atoms with Crippen LogP contribution in [0, 0.1) is 6.92 Å². The quantitative estimate of drug-likeness (QED) is 0.717. The Morgan fingerprint density at radius 2 is 1.93 bits per heavy atom. The maximum absolute atomic E-state index is 12.1. The van der Waals surface area contributed by atoms with E-state index in [0.29, 0.717) is 10.7 Å². The molecule has 30 heavy (non-hydrogen) atoms. The van der Waals surface area contributed by atoms with Gasteiger partial charge in [-0.15, -0.1) is 0 Å². The number of halogens is 3. The Kier molecular flexibility index (Phi) is 7.25. The zero-order valence-corrected chi connectivity index (χ0v) is 17.5. The number of nitrogens with zero attached hydrogens (tertiary/aromatic N) is 2. The van der Waals surface area contributed by atoms with Crippen LogP contribution in [0.2, 0.25) is 0 Å². The average molecular weight is 439 g/mol. The van der Waals surface area contributed by atoms with Gasteiger partial charge in [0.2, 0.25) is 5.91 Å². The molecule has 1 N–H and O–H groups in total. The van der Waals surface area contributed by atoms with Crippen LogP contribution in [-0.2, 0) is 20.5 Å². The molecule has 0 aliphatic carbocycles. The van der Waals surface area contributed by atoms with E-state index in [0.717, 1.165) is 6.07 Å². The molecule has 1 aromatic heterocycles. The van der Waals surface area contributed by atoms with E-state index < -0.39 is 22.5 Å². The van der Waals surface area contributed by atoms with Crippen molar-refractivity contribution in [2.75, 3.05) is 14.2 Å². The second-order valence-corrected chi connectivity index (χ2v) is 7.76. The van der Waals surface area contributed by atoms with Crippen molar-refractivity contribution in [3.8, 4) is 0 Å². The molecule has 1 aliphatic rings. The van der Waals surface area contributed by atoms with E-state index in [1.165, 1.54) is 44.1 Å². The van der Waals surface area contributed by atoms with Crippen LogP contribution < -0.4 is 5.32 Å². The molecule has 6 nitrogen and oxygen atoms in total. The number of aliphatic imine (C=N–C) groups is 1. The van der Waals surface area contributed by atoms with E-state index in [-0.39, 0.29) is 17.2 Å². The third-order valence-electron chi connectivity index (χ3n) is 4.31. The Hall–Kier alpha value is -2.88. The van der Waals surface area contributed by atoms with Gasteiger partial charge in [-0.2, -0.15) is 13.2 Å². The normalized spacial score (nSPS) is 19.7. The predicted molar refractivity (Wildman–Crippen MR) is 108 cm³/mol. The van der Waals surface area contributed by atoms with Gasteiger partial charge in [-0.3, -0.25) is 9.79 Å². The monoisotopic (exact) mass is 439 g/mol. The van der Waals surface area contributed by atoms with E-state index in [9.17, 15) is 22.8 Å². The molecule has 1 amide bonds. The highest BCUT2D eigenvalue weighted by atomic mass is 32.2. The van der Waals surface area contributed by atoms with Crippen molar-refractivity contribution in [1.82, 2.24) is 10.3 Å². The molecular weight excluding hydrogens is 419 g/mol. The van der Waals surface area contributed by atoms with Crippen LogP contribution >= 0.6 is 11.8 Å². The maximum atomic E-state index is 12.1. The molecule has 1 aliphatic heterocycles. The molecule has 2 heterocycles. The summed E-state index contributed by atoms with van der Waals surface area (Å²) in [6, 6.07) is 8.77. The lowest BCUT2D eigenvalue weighted by molar-refractivity contribution is -0.138. The first kappa shape index (κ1) is 23.4. The number of hydrogen-bond acceptors (Lipinski definition) is 6. The van der Waals surface area contributed by atoms with Crippen molar-refractivity contribution in [1.29, 1.82) is 0 Å². The van der Waals surface area contributed by atoms with Crippen molar-refractivity contribution < 1.29 is 27.5 Å². The number of thioether (sulfide) groups is 1. The molecule has 10 heteroatoms. The van der Waals surface area contributed by atoms with Crippen molar-refractivity contribution in [2.45, 2.75) is 24.8 Å². The van der Waals surface area contributed by atoms with Crippen LogP contribution in [0.15, 0.2) is 47.6 Å². The number of aryl methyl sites for hydroxylation is 1. The summed E-state index contributed by atoms with van der Waals surface area (Å²) in [6.45, 7) is 3.23. The van der Waals surface area contributed by atoms with Gasteiger partial charge in [-0.25, -0.2) is 9.78 Å². The molecule has 3 rings (SSSR count). The Morgan fingerprint density at radius 1 is 1.27 bits per heavy atom. The number of esters is 1. The Balaban J connectivity index is 0.000000248. The van der Waals surface area contributed by atoms with E-state index in [1.807, 2.05) is 0 Å². The largest absolute Gasteiger partial charge is 0.464 e. The minimum Gasteiger partial charge on any atom is -0.464 e. The summed E-state index contributed by atoms with van der Waals surface area (Å²) < 4.78 is 40.0. The Labute approximate surface area is 175 Å². The maximum Gasteiger partial charge on any atom is 0.416 e. The molecule has 1 aromatic carbocycles. The topological polar surface area (TPSA) is 80.7 Å². The van der Waals surface area contributed by atoms with Gasteiger partial charge in [0, 0.05) is 13.2 Å². The standard InChI is InChI=1S/C12H13N3O3S.C8H7F3/c1-12(10(17)15-11(13-2)19-12)7-4-5-14-8(6-7)9(16)18-3;1-6-4-2-3-5-7(6)8(9,10)11/h4-6H,1-3H3,(H,13,15,17);2-5H,1H3. The number of pyridine rings is 1. The lowest BCUT2D eigenvalue weighted by Crippen LogP contribution is -2.32. The summed E-state index contributed by atoms with van der Waals surface area (Å²) in [6.07, 6.45) is -2.73. The molecule has 1 unspecified atom stereocenters. The summed E-state index contributed by atoms with van der Waals surface area (Å²) in [4.78, 5) is 31.4. The van der Waals surface area contributed by atoms with Crippen molar-refractivity contribution in [3.63, 3.8) is 0 Å². The molecule has 0 bridgehead atoms. The van der Waals surface area contributed by atoms with Gasteiger partial charge in [0.1, 0.15) is 10.4 Å². The first-order chi connectivity index (χ1) is 14.0. The van der Waals surface area contributed by atoms with Crippen LogP contribution in [0.25, 0.3) is 0 Å². The number of carbonyl (C=O) groups is 2. The van der Waals surface area contributed by atoms with Crippen LogP contribution in [-0.4, -0.2) is 36.2 Å². The average Bonchev–Trinajstić information content (AvgIpc) is 3.02. The van der Waals surface area contributed by atoms with E-state index in [2.05, 4.69) is 20.0 Å². The minimum atomic E-state index is -4.22. The first-order valence-electron chi connectivity index (χ1n) is 8.68. The van der Waals surface area contributed by atoms with Crippen molar-refractivity contribution in [2.24, 2.45) is 4.99 Å². The number of rotatable bonds is 2. The Bertz CT molecular complexity index is 979. The zero-order valence-electron chi connectivity index (χ0n) is 16.7. The second-order valence-electron chi connectivity index (χ2n) is 6.35. The number of ether oxygens (including phenoxy) is 1. The first-order valence-corrected chi connectivity index (χ1v) is 9.49. The smallest absolute Gasteiger partial charge is 0.416 e. The van der Waals surface area contributed by atoms with Crippen LogP contribution in [0.4, 0.5) is 13.2 Å². The highest BCUT2D eigenvalue weighted by Gasteiger charge is 2.44. The SMILES string of the molecule is CN=C1NC(=O)C(C)(c2ccnc(C(=O)OC)c2)S1.Cc1ccccc1C(F)(F)F. The number of alkyl halides is 3. The van der Waals surface area contributed by atoms with Gasteiger partial charge in [-0.05, 0) is 43.2 Å². The summed E-state index contributed by atoms with van der Waals surface area (Å²) in [5, 5.41) is 3.25. The fourth-order valence-electron chi connectivity index (χ4n) is 2.61. The van der Waals surface area contributed by atoms with Crippen LogP contribution in [0.1, 0.15) is 34.1 Å². The molecule has 1 saturated heterocycles. The summed E-state index contributed by atoms with van der Waals surface area (Å²) in [5.41, 5.74) is 0.570. The van der Waals surface area contributed by atoms with Crippen LogP contribution in [0.5, 0.6) is 0 Å². The third kappa shape index (κ3) is 5.18. The number of amidine groups is 1. The van der Waals surface area contributed by atoms with Gasteiger partial charge in [0.05, 0.1) is 12.7 Å². The molecule has 0 radical (unpaired) electrons. The predicted octanol–water partition coefficient (Wildman–Crippen LogP) is 3.95. The summed E-state index contributed by atoms with van der Waals surface area (Å²) in [7, 11) is 2.90. The number of amides is 1. The third-order valence-corrected chi connectivity index (χ3v) is 5.62. The zero-order chi connectivity index (χ0) is 22.5. The second kappa shape index (κ2) is 9.29. The number of nitrogens with one attached hydrogen (secondary N) is 1. The highest BCUT2D eigenvalue weighted by molar-refractivity contribution is 8.15. The molecule has 2 aromatic rings. The van der Waals surface area contributed by atoms with E-state index in [4.69, 9.17) is 0 Å². The van der Waals surface area contributed by atoms with Gasteiger partial charge in [-0.1, -0.05) is 30.0 Å². The van der Waals surface area contributed by atoms with Crippen molar-refractivity contribution >= 4 is 28.8 Å². The van der Waals surface area contributed by atoms with Gasteiger partial charge < -0.3 is 10.1 Å². The van der Waals surface area contributed by atoms with Gasteiger partial charge >= 0.3 is 12.1 Å². The van der Waals surface area contributed by atoms with Crippen molar-refractivity contribution in [3.05, 3.63) is 65.0 Å². The van der Waals surface area contributed by atoms with Gasteiger partial charge in [0.15, 0.2) is 5.17 Å². The fourth-order valence-corrected chi connectivity index (χ4v) is 3.62. The lowest BCUT2D eigenvalue weighted by Gasteiger charge is -2.19. The van der Waals surface area contributed by atoms with E-state index >= 15 is 0 Å². The molecule has 1 fully saturated rings. The number of hydrogen-bond donors (Lipinski definition) is 1. The fraction of sp³-hybridized carbons (Fsp3) is 0.300. The number of aromatic nitrogens is 1. The number of methoxy groups -OCH3 is 1. The number of carbonyl (C=O) groups excluding carboxylic acids is 2. The Morgan fingerprint density at radius 3 is 2.43 bits per heavy atom. The number of benzene rings is 1. The molecular formula is C20H20F3N3O3S. The van der Waals surface area contributed by atoms with Crippen LogP contribution in [0.3, 0.4) is 0 Å². The summed E-state index contributed by atoms with van der Waals surface area (Å²) in [5.74, 6) is -0.696.